The average Bonchev–Trinajstić information content (AvgIpc) is 2.77. The number of nitrogen functional groups attached to an aromatic ring is 1. The van der Waals surface area contributed by atoms with Gasteiger partial charge in [-0.25, -0.2) is 9.97 Å². The normalized spacial score (nSPS) is 13.7. The van der Waals surface area contributed by atoms with Gasteiger partial charge in [-0.3, -0.25) is 0 Å². The fraction of sp³-hybridized carbons (Fsp3) is 0.167. The van der Waals surface area contributed by atoms with Crippen LogP contribution in [0.5, 0.6) is 0 Å². The number of thioether (sulfide) groups is 1. The molecule has 3 rings (SSSR count). The Labute approximate surface area is 122 Å². The van der Waals surface area contributed by atoms with E-state index >= 15 is 0 Å². The molecule has 0 saturated heterocycles. The summed E-state index contributed by atoms with van der Waals surface area (Å²) in [5.41, 5.74) is 9.02. The van der Waals surface area contributed by atoms with Gasteiger partial charge < -0.3 is 5.73 Å². The van der Waals surface area contributed by atoms with E-state index in [1.165, 1.54) is 0 Å². The summed E-state index contributed by atoms with van der Waals surface area (Å²) < 4.78 is 0.875. The second-order valence-electron chi connectivity index (χ2n) is 3.97. The highest BCUT2D eigenvalue weighted by Gasteiger charge is 2.19. The van der Waals surface area contributed by atoms with E-state index in [0.717, 1.165) is 32.8 Å². The zero-order valence-corrected chi connectivity index (χ0v) is 12.4. The van der Waals surface area contributed by atoms with Crippen LogP contribution in [0.1, 0.15) is 11.3 Å². The van der Waals surface area contributed by atoms with Crippen LogP contribution >= 0.6 is 39.3 Å². The molecule has 2 aromatic rings. The summed E-state index contributed by atoms with van der Waals surface area (Å²) in [7, 11) is 0. The molecule has 0 bridgehead atoms. The van der Waals surface area contributed by atoms with Gasteiger partial charge in [-0.2, -0.15) is 11.8 Å². The highest BCUT2D eigenvalue weighted by Crippen LogP contribution is 2.35. The molecule has 1 aromatic heterocycles. The number of aromatic nitrogens is 2. The fourth-order valence-corrected chi connectivity index (χ4v) is 3.78. The van der Waals surface area contributed by atoms with Crippen LogP contribution in [0.25, 0.3) is 11.4 Å². The van der Waals surface area contributed by atoms with Gasteiger partial charge in [-0.15, -0.1) is 0 Å². The summed E-state index contributed by atoms with van der Waals surface area (Å²) in [6.45, 7) is 0. The minimum absolute atomic E-state index is 0.585. The summed E-state index contributed by atoms with van der Waals surface area (Å²) >= 11 is 11.2. The molecular formula is C12H9BrClN3S. The standard InChI is InChI=1S/C12H9BrClN3S/c13-9-3-6(14)1-2-7(9)12-16-10-5-18-4-8(10)11(15)17-12/h1-3H,4-5H2,(H2,15,16,17). The van der Waals surface area contributed by atoms with Crippen molar-refractivity contribution >= 4 is 45.1 Å². The van der Waals surface area contributed by atoms with Crippen molar-refractivity contribution in [3.05, 3.63) is 39.0 Å². The van der Waals surface area contributed by atoms with Crippen LogP contribution in [0.15, 0.2) is 22.7 Å². The van der Waals surface area contributed by atoms with E-state index in [1.807, 2.05) is 30.0 Å². The molecule has 0 amide bonds. The van der Waals surface area contributed by atoms with Gasteiger partial charge in [-0.1, -0.05) is 11.6 Å². The number of halogens is 2. The van der Waals surface area contributed by atoms with E-state index in [4.69, 9.17) is 17.3 Å². The molecule has 1 aliphatic heterocycles. The van der Waals surface area contributed by atoms with Gasteiger partial charge in [0.25, 0.3) is 0 Å². The minimum Gasteiger partial charge on any atom is -0.383 e. The first-order valence-corrected chi connectivity index (χ1v) is 7.66. The average molecular weight is 343 g/mol. The van der Waals surface area contributed by atoms with E-state index in [0.29, 0.717) is 16.7 Å². The second-order valence-corrected chi connectivity index (χ2v) is 6.25. The van der Waals surface area contributed by atoms with Gasteiger partial charge in [0.15, 0.2) is 5.82 Å². The van der Waals surface area contributed by atoms with Crippen molar-refractivity contribution in [2.45, 2.75) is 11.5 Å². The predicted molar refractivity (Wildman–Crippen MR) is 79.6 cm³/mol. The highest BCUT2D eigenvalue weighted by atomic mass is 79.9. The van der Waals surface area contributed by atoms with Crippen LogP contribution in [0.4, 0.5) is 5.82 Å². The summed E-state index contributed by atoms with van der Waals surface area (Å²) in [5, 5.41) is 0.676. The van der Waals surface area contributed by atoms with Gasteiger partial charge >= 0.3 is 0 Å². The molecule has 92 valence electrons. The van der Waals surface area contributed by atoms with Crippen LogP contribution in [0, 0.1) is 0 Å². The van der Waals surface area contributed by atoms with Crippen molar-refractivity contribution in [2.24, 2.45) is 0 Å². The number of anilines is 1. The maximum Gasteiger partial charge on any atom is 0.162 e. The van der Waals surface area contributed by atoms with Crippen LogP contribution in [-0.2, 0) is 11.5 Å². The molecule has 18 heavy (non-hydrogen) atoms. The van der Waals surface area contributed by atoms with E-state index in [2.05, 4.69) is 25.9 Å². The molecule has 0 radical (unpaired) electrons. The van der Waals surface area contributed by atoms with E-state index in [9.17, 15) is 0 Å². The third kappa shape index (κ3) is 2.11. The molecule has 1 aromatic carbocycles. The number of hydrogen-bond donors (Lipinski definition) is 1. The fourth-order valence-electron chi connectivity index (χ4n) is 1.87. The maximum atomic E-state index is 5.98. The zero-order chi connectivity index (χ0) is 12.7. The Morgan fingerprint density at radius 3 is 2.89 bits per heavy atom. The third-order valence-corrected chi connectivity index (χ3v) is 4.64. The van der Waals surface area contributed by atoms with Crippen molar-refractivity contribution in [3.63, 3.8) is 0 Å². The molecule has 0 aliphatic carbocycles. The van der Waals surface area contributed by atoms with Gasteiger partial charge in [0.1, 0.15) is 5.82 Å². The lowest BCUT2D eigenvalue weighted by atomic mass is 10.2. The molecule has 2 N–H and O–H groups in total. The lowest BCUT2D eigenvalue weighted by molar-refractivity contribution is 1.08. The van der Waals surface area contributed by atoms with Crippen molar-refractivity contribution in [1.29, 1.82) is 0 Å². The van der Waals surface area contributed by atoms with Gasteiger partial charge in [0.2, 0.25) is 0 Å². The number of nitrogens with zero attached hydrogens (tertiary/aromatic N) is 2. The van der Waals surface area contributed by atoms with E-state index in [1.54, 1.807) is 0 Å². The minimum atomic E-state index is 0.585. The Hall–Kier alpha value is -0.780. The Bertz CT molecular complexity index is 633. The maximum absolute atomic E-state index is 5.98. The van der Waals surface area contributed by atoms with Crippen molar-refractivity contribution < 1.29 is 0 Å². The van der Waals surface area contributed by atoms with Gasteiger partial charge in [0.05, 0.1) is 5.69 Å². The molecule has 0 unspecified atom stereocenters. The molecule has 2 heterocycles. The first kappa shape index (κ1) is 12.3. The molecular weight excluding hydrogens is 334 g/mol. The largest absolute Gasteiger partial charge is 0.383 e. The summed E-state index contributed by atoms with van der Waals surface area (Å²) in [4.78, 5) is 8.98. The Balaban J connectivity index is 2.15. The van der Waals surface area contributed by atoms with Crippen LogP contribution < -0.4 is 5.73 Å². The predicted octanol–water partition coefficient (Wildman–Crippen LogP) is 3.89. The summed E-state index contributed by atoms with van der Waals surface area (Å²) in [6, 6.07) is 5.55. The number of hydrogen-bond acceptors (Lipinski definition) is 4. The monoisotopic (exact) mass is 341 g/mol. The number of fused-ring (bicyclic) bond motifs is 1. The Morgan fingerprint density at radius 1 is 1.28 bits per heavy atom. The third-order valence-electron chi connectivity index (χ3n) is 2.78. The molecule has 3 nitrogen and oxygen atoms in total. The first-order valence-electron chi connectivity index (χ1n) is 5.33. The second kappa shape index (κ2) is 4.72. The van der Waals surface area contributed by atoms with E-state index < -0.39 is 0 Å². The number of benzene rings is 1. The quantitative estimate of drug-likeness (QED) is 0.854. The molecule has 0 fully saturated rings. The van der Waals surface area contributed by atoms with Gasteiger partial charge in [0, 0.05) is 32.1 Å². The molecule has 6 heteroatoms. The van der Waals surface area contributed by atoms with Crippen molar-refractivity contribution in [1.82, 2.24) is 9.97 Å². The Kier molecular flexibility index (Phi) is 3.21. The number of rotatable bonds is 1. The summed E-state index contributed by atoms with van der Waals surface area (Å²) in [6.07, 6.45) is 0. The smallest absolute Gasteiger partial charge is 0.162 e. The highest BCUT2D eigenvalue weighted by molar-refractivity contribution is 9.10. The van der Waals surface area contributed by atoms with Crippen LogP contribution in [-0.4, -0.2) is 9.97 Å². The van der Waals surface area contributed by atoms with E-state index in [-0.39, 0.29) is 0 Å². The SMILES string of the molecule is Nc1nc(-c2ccc(Cl)cc2Br)nc2c1CSC2. The topological polar surface area (TPSA) is 51.8 Å². The molecule has 0 spiro atoms. The molecule has 1 aliphatic rings. The summed E-state index contributed by atoms with van der Waals surface area (Å²) in [5.74, 6) is 3.04. The lowest BCUT2D eigenvalue weighted by Crippen LogP contribution is -2.03. The van der Waals surface area contributed by atoms with Crippen LogP contribution in [0.2, 0.25) is 5.02 Å². The zero-order valence-electron chi connectivity index (χ0n) is 9.28. The van der Waals surface area contributed by atoms with Crippen molar-refractivity contribution in [2.75, 3.05) is 5.73 Å². The molecule has 0 atom stereocenters. The first-order chi connectivity index (χ1) is 8.65. The lowest BCUT2D eigenvalue weighted by Gasteiger charge is -2.08. The van der Waals surface area contributed by atoms with Crippen molar-refractivity contribution in [3.8, 4) is 11.4 Å². The Morgan fingerprint density at radius 2 is 2.11 bits per heavy atom. The van der Waals surface area contributed by atoms with Crippen LogP contribution in [0.3, 0.4) is 0 Å². The van der Waals surface area contributed by atoms with Gasteiger partial charge in [-0.05, 0) is 34.1 Å². The number of nitrogens with two attached hydrogens (primary N) is 1. The molecule has 0 saturated carbocycles.